The number of hydrogen-bond acceptors (Lipinski definition) is 4. The topological polar surface area (TPSA) is 36.9 Å². The molecule has 1 atom stereocenters. The highest BCUT2D eigenvalue weighted by molar-refractivity contribution is 7.11. The molecule has 0 bridgehead atoms. The molecule has 2 heterocycles. The third-order valence-electron chi connectivity index (χ3n) is 4.63. The quantitative estimate of drug-likeness (QED) is 0.707. The highest BCUT2D eigenvalue weighted by Crippen LogP contribution is 2.39. The lowest BCUT2D eigenvalue weighted by atomic mass is 9.49. The molecule has 2 fully saturated rings. The van der Waals surface area contributed by atoms with Crippen molar-refractivity contribution in [2.45, 2.75) is 65.3 Å². The zero-order valence-electron chi connectivity index (χ0n) is 12.6. The molecule has 6 heteroatoms. The van der Waals surface area contributed by atoms with E-state index in [1.807, 2.05) is 27.7 Å². The second kappa shape index (κ2) is 4.23. The Bertz CT molecular complexity index is 316. The van der Waals surface area contributed by atoms with E-state index >= 15 is 0 Å². The molecular formula is C12H24B2O4. The SMILES string of the molecule is CC(C)C1(C)COB(B2OC(C)(C)C(C)(C)O2)O1. The average Bonchev–Trinajstić information content (AvgIpc) is 2.68. The van der Waals surface area contributed by atoms with Crippen LogP contribution in [0.4, 0.5) is 0 Å². The first-order valence-corrected chi connectivity index (χ1v) is 6.72. The van der Waals surface area contributed by atoms with Crippen LogP contribution in [-0.2, 0) is 18.6 Å². The third kappa shape index (κ3) is 2.24. The predicted octanol–water partition coefficient (Wildman–Crippen LogP) is 2.11. The molecule has 2 aliphatic rings. The Labute approximate surface area is 111 Å². The van der Waals surface area contributed by atoms with Gasteiger partial charge in [0, 0.05) is 0 Å². The molecule has 0 aromatic heterocycles. The van der Waals surface area contributed by atoms with E-state index < -0.39 is 14.0 Å². The monoisotopic (exact) mass is 254 g/mol. The minimum atomic E-state index is -0.449. The van der Waals surface area contributed by atoms with Gasteiger partial charge in [-0.3, -0.25) is 0 Å². The molecule has 0 aromatic rings. The van der Waals surface area contributed by atoms with E-state index in [4.69, 9.17) is 18.6 Å². The van der Waals surface area contributed by atoms with E-state index in [2.05, 4.69) is 20.8 Å². The highest BCUT2D eigenvalue weighted by atomic mass is 16.7. The van der Waals surface area contributed by atoms with Crippen LogP contribution in [0.5, 0.6) is 0 Å². The van der Waals surface area contributed by atoms with Gasteiger partial charge in [0.25, 0.3) is 0 Å². The maximum Gasteiger partial charge on any atom is 0.488 e. The van der Waals surface area contributed by atoms with Gasteiger partial charge in [-0.05, 0) is 40.5 Å². The van der Waals surface area contributed by atoms with Gasteiger partial charge >= 0.3 is 14.0 Å². The normalized spacial score (nSPS) is 34.7. The van der Waals surface area contributed by atoms with Gasteiger partial charge in [0.05, 0.1) is 23.4 Å². The Morgan fingerprint density at radius 2 is 1.33 bits per heavy atom. The molecule has 1 unspecified atom stereocenters. The second-order valence-corrected chi connectivity index (χ2v) is 6.89. The molecule has 0 aliphatic carbocycles. The van der Waals surface area contributed by atoms with Crippen LogP contribution >= 0.6 is 0 Å². The average molecular weight is 254 g/mol. The zero-order valence-corrected chi connectivity index (χ0v) is 12.6. The molecule has 0 aromatic carbocycles. The summed E-state index contributed by atoms with van der Waals surface area (Å²) in [6, 6.07) is 0. The molecule has 4 nitrogen and oxygen atoms in total. The van der Waals surface area contributed by atoms with Crippen molar-refractivity contribution in [3.8, 4) is 0 Å². The van der Waals surface area contributed by atoms with Crippen LogP contribution in [0.2, 0.25) is 0 Å². The van der Waals surface area contributed by atoms with Crippen molar-refractivity contribution in [1.82, 2.24) is 0 Å². The Balaban J connectivity index is 2.05. The third-order valence-corrected chi connectivity index (χ3v) is 4.63. The van der Waals surface area contributed by atoms with Crippen LogP contribution in [0.1, 0.15) is 48.5 Å². The van der Waals surface area contributed by atoms with Crippen LogP contribution in [0, 0.1) is 5.92 Å². The van der Waals surface area contributed by atoms with Crippen molar-refractivity contribution in [2.75, 3.05) is 6.61 Å². The van der Waals surface area contributed by atoms with Crippen LogP contribution in [0.15, 0.2) is 0 Å². The largest absolute Gasteiger partial charge is 0.488 e. The fourth-order valence-electron chi connectivity index (χ4n) is 2.02. The molecule has 0 radical (unpaired) electrons. The maximum absolute atomic E-state index is 6.01. The minimum absolute atomic E-state index is 0.256. The first kappa shape index (κ1) is 14.4. The summed E-state index contributed by atoms with van der Waals surface area (Å²) in [4.78, 5) is 0. The molecular weight excluding hydrogens is 230 g/mol. The summed E-state index contributed by atoms with van der Waals surface area (Å²) < 4.78 is 23.6. The van der Waals surface area contributed by atoms with Crippen molar-refractivity contribution in [3.05, 3.63) is 0 Å². The highest BCUT2D eigenvalue weighted by Gasteiger charge is 2.60. The molecule has 2 rings (SSSR count). The Morgan fingerprint density at radius 3 is 1.72 bits per heavy atom. The smallest absolute Gasteiger partial charge is 0.410 e. The molecule has 102 valence electrons. The van der Waals surface area contributed by atoms with Crippen molar-refractivity contribution in [2.24, 2.45) is 5.92 Å². The fraction of sp³-hybridized carbons (Fsp3) is 1.00. The van der Waals surface area contributed by atoms with Gasteiger partial charge in [-0.15, -0.1) is 0 Å². The Kier molecular flexibility index (Phi) is 3.38. The van der Waals surface area contributed by atoms with Gasteiger partial charge in [-0.25, -0.2) is 0 Å². The summed E-state index contributed by atoms with van der Waals surface area (Å²) in [5, 5.41) is 0. The van der Waals surface area contributed by atoms with E-state index in [1.165, 1.54) is 0 Å². The van der Waals surface area contributed by atoms with Gasteiger partial charge in [-0.1, -0.05) is 13.8 Å². The zero-order chi connectivity index (χ0) is 13.8. The van der Waals surface area contributed by atoms with E-state index in [0.29, 0.717) is 12.5 Å². The summed E-state index contributed by atoms with van der Waals surface area (Å²) in [6.45, 7) is 15.1. The molecule has 2 saturated heterocycles. The Hall–Kier alpha value is -0.0301. The fourth-order valence-corrected chi connectivity index (χ4v) is 2.02. The summed E-state index contributed by atoms with van der Waals surface area (Å²) >= 11 is 0. The maximum atomic E-state index is 6.01. The van der Waals surface area contributed by atoms with Crippen LogP contribution < -0.4 is 0 Å². The minimum Gasteiger partial charge on any atom is -0.410 e. The van der Waals surface area contributed by atoms with E-state index in [1.54, 1.807) is 0 Å². The van der Waals surface area contributed by atoms with Crippen molar-refractivity contribution in [1.29, 1.82) is 0 Å². The summed E-state index contributed by atoms with van der Waals surface area (Å²) in [5.74, 6) is 0.393. The summed E-state index contributed by atoms with van der Waals surface area (Å²) in [6.07, 6.45) is 0. The first-order chi connectivity index (χ1) is 8.07. The van der Waals surface area contributed by atoms with Gasteiger partial charge in [-0.2, -0.15) is 0 Å². The van der Waals surface area contributed by atoms with Gasteiger partial charge in [0.15, 0.2) is 0 Å². The van der Waals surface area contributed by atoms with Crippen molar-refractivity contribution in [3.63, 3.8) is 0 Å². The number of hydrogen-bond donors (Lipinski definition) is 0. The summed E-state index contributed by atoms with van der Waals surface area (Å²) in [7, 11) is -0.881. The number of rotatable bonds is 2. The molecule has 0 N–H and O–H groups in total. The molecule has 2 aliphatic heterocycles. The van der Waals surface area contributed by atoms with Crippen molar-refractivity contribution >= 4 is 14.0 Å². The van der Waals surface area contributed by atoms with Crippen LogP contribution in [0.25, 0.3) is 0 Å². The second-order valence-electron chi connectivity index (χ2n) is 6.89. The van der Waals surface area contributed by atoms with E-state index in [0.717, 1.165) is 0 Å². The Morgan fingerprint density at radius 1 is 0.833 bits per heavy atom. The first-order valence-electron chi connectivity index (χ1n) is 6.72. The summed E-state index contributed by atoms with van der Waals surface area (Å²) in [5.41, 5.74) is -0.948. The lowest BCUT2D eigenvalue weighted by Crippen LogP contribution is -2.43. The lowest BCUT2D eigenvalue weighted by Gasteiger charge is -2.32. The van der Waals surface area contributed by atoms with Gasteiger partial charge in [0.2, 0.25) is 0 Å². The van der Waals surface area contributed by atoms with E-state index in [-0.39, 0.29) is 16.8 Å². The molecule has 0 saturated carbocycles. The lowest BCUT2D eigenvalue weighted by molar-refractivity contribution is 0.00578. The van der Waals surface area contributed by atoms with Crippen molar-refractivity contribution < 1.29 is 18.6 Å². The predicted molar refractivity (Wildman–Crippen MR) is 72.1 cm³/mol. The van der Waals surface area contributed by atoms with Gasteiger partial charge in [0.1, 0.15) is 0 Å². The standard InChI is InChI=1S/C12H24B2O4/c1-9(2)12(7)8-15-13(18-12)14-16-10(3,4)11(5,6)17-14/h9H,8H2,1-7H3. The molecule has 0 spiro atoms. The molecule has 18 heavy (non-hydrogen) atoms. The van der Waals surface area contributed by atoms with Crippen LogP contribution in [-0.4, -0.2) is 37.4 Å². The molecule has 0 amide bonds. The van der Waals surface area contributed by atoms with Gasteiger partial charge < -0.3 is 18.6 Å². The van der Waals surface area contributed by atoms with E-state index in [9.17, 15) is 0 Å². The van der Waals surface area contributed by atoms with Crippen LogP contribution in [0.3, 0.4) is 0 Å².